The molecule has 0 N–H and O–H groups in total. The number of aryl methyl sites for hydroxylation is 2. The highest BCUT2D eigenvalue weighted by molar-refractivity contribution is 6.01. The van der Waals surface area contributed by atoms with Crippen molar-refractivity contribution >= 4 is 40.0 Å². The van der Waals surface area contributed by atoms with Crippen LogP contribution < -0.4 is 0 Å². The second-order valence-corrected chi connectivity index (χ2v) is 14.7. The Bertz CT molecular complexity index is 2780. The van der Waals surface area contributed by atoms with Gasteiger partial charge in [0, 0.05) is 33.9 Å². The van der Waals surface area contributed by atoms with Crippen molar-refractivity contribution in [3.05, 3.63) is 186 Å². The molecule has 2 aromatic heterocycles. The van der Waals surface area contributed by atoms with E-state index < -0.39 is 0 Å². The Morgan fingerprint density at radius 1 is 0.655 bits per heavy atom. The molecular weight excluding hydrogens is 701 g/mol. The van der Waals surface area contributed by atoms with Gasteiger partial charge in [-0.15, -0.1) is 0 Å². The molecule has 2 nitrogen and oxygen atoms in total. The van der Waals surface area contributed by atoms with Gasteiger partial charge >= 0.3 is 0 Å². The molecule has 0 aliphatic heterocycles. The zero-order valence-electron chi connectivity index (χ0n) is 35.5. The molecule has 0 bridgehead atoms. The molecule has 290 valence electrons. The van der Waals surface area contributed by atoms with Crippen LogP contribution in [0, 0.1) is 13.8 Å². The summed E-state index contributed by atoms with van der Waals surface area (Å²) in [6, 6.07) is 46.8. The van der Waals surface area contributed by atoms with Crippen LogP contribution in [-0.2, 0) is 0 Å². The summed E-state index contributed by atoms with van der Waals surface area (Å²) < 4.78 is 4.77. The summed E-state index contributed by atoms with van der Waals surface area (Å²) in [7, 11) is 0. The van der Waals surface area contributed by atoms with E-state index in [1.54, 1.807) is 0 Å². The molecular formula is C56H56N2. The average molecular weight is 757 g/mol. The molecule has 1 aliphatic carbocycles. The highest BCUT2D eigenvalue weighted by atomic mass is 15.0. The first-order chi connectivity index (χ1) is 28.4. The van der Waals surface area contributed by atoms with Crippen LogP contribution in [0.1, 0.15) is 87.4 Å². The maximum Gasteiger partial charge on any atom is 0.0569 e. The van der Waals surface area contributed by atoms with E-state index in [2.05, 4.69) is 201 Å². The van der Waals surface area contributed by atoms with Crippen molar-refractivity contribution in [1.29, 1.82) is 0 Å². The molecule has 0 saturated carbocycles. The second-order valence-electron chi connectivity index (χ2n) is 14.7. The zero-order valence-corrected chi connectivity index (χ0v) is 35.5. The van der Waals surface area contributed by atoms with Crippen molar-refractivity contribution in [2.45, 2.75) is 67.7 Å². The van der Waals surface area contributed by atoms with E-state index in [-0.39, 0.29) is 0 Å². The van der Waals surface area contributed by atoms with E-state index >= 15 is 0 Å². The van der Waals surface area contributed by atoms with E-state index in [1.807, 2.05) is 33.8 Å². The van der Waals surface area contributed by atoms with Crippen LogP contribution in [0.3, 0.4) is 0 Å². The third kappa shape index (κ3) is 7.09. The van der Waals surface area contributed by atoms with Crippen LogP contribution in [-0.4, -0.2) is 9.13 Å². The lowest BCUT2D eigenvalue weighted by Crippen LogP contribution is -2.06. The molecule has 1 unspecified atom stereocenters. The first-order valence-corrected chi connectivity index (χ1v) is 21.1. The average Bonchev–Trinajstić information content (AvgIpc) is 3.84. The van der Waals surface area contributed by atoms with E-state index in [9.17, 15) is 0 Å². The maximum atomic E-state index is 4.29. The Morgan fingerprint density at radius 2 is 1.33 bits per heavy atom. The quantitative estimate of drug-likeness (QED) is 0.153. The highest BCUT2D eigenvalue weighted by Crippen LogP contribution is 2.44. The predicted molar refractivity (Wildman–Crippen MR) is 255 cm³/mol. The minimum atomic E-state index is 0.386. The van der Waals surface area contributed by atoms with E-state index in [0.717, 1.165) is 17.8 Å². The largest absolute Gasteiger partial charge is 0.316 e. The minimum Gasteiger partial charge on any atom is -0.316 e. The van der Waals surface area contributed by atoms with Gasteiger partial charge in [0.1, 0.15) is 0 Å². The van der Waals surface area contributed by atoms with Gasteiger partial charge in [-0.3, -0.25) is 0 Å². The molecule has 1 aliphatic rings. The van der Waals surface area contributed by atoms with Crippen molar-refractivity contribution in [3.8, 4) is 44.8 Å². The molecule has 0 saturated heterocycles. The van der Waals surface area contributed by atoms with E-state index in [0.29, 0.717) is 5.92 Å². The number of nitrogens with zero attached hydrogens (tertiary/aromatic N) is 2. The normalized spacial score (nSPS) is 13.2. The van der Waals surface area contributed by atoms with Crippen LogP contribution in [0.25, 0.3) is 84.8 Å². The van der Waals surface area contributed by atoms with Crippen molar-refractivity contribution < 1.29 is 0 Å². The van der Waals surface area contributed by atoms with Crippen molar-refractivity contribution in [2.75, 3.05) is 0 Å². The van der Waals surface area contributed by atoms with Gasteiger partial charge in [-0.2, -0.15) is 0 Å². The minimum absolute atomic E-state index is 0.386. The lowest BCUT2D eigenvalue weighted by molar-refractivity contribution is 0.775. The Balaban J connectivity index is 0.00000124. The van der Waals surface area contributed by atoms with Gasteiger partial charge in [-0.1, -0.05) is 144 Å². The number of benzene rings is 6. The fourth-order valence-corrected chi connectivity index (χ4v) is 8.68. The number of allylic oxidation sites excluding steroid dienone is 2. The van der Waals surface area contributed by atoms with Gasteiger partial charge in [-0.25, -0.2) is 0 Å². The second kappa shape index (κ2) is 17.4. The van der Waals surface area contributed by atoms with Gasteiger partial charge < -0.3 is 9.13 Å². The molecule has 9 rings (SSSR count). The molecule has 1 atom stereocenters. The summed E-state index contributed by atoms with van der Waals surface area (Å²) in [6.45, 7) is 21.2. The number of rotatable bonds is 7. The predicted octanol–water partition coefficient (Wildman–Crippen LogP) is 16.4. The van der Waals surface area contributed by atoms with Crippen LogP contribution >= 0.6 is 0 Å². The molecule has 0 spiro atoms. The number of hydrogen-bond acceptors (Lipinski definition) is 0. The summed E-state index contributed by atoms with van der Waals surface area (Å²) in [5, 5.41) is 2.48. The van der Waals surface area contributed by atoms with Gasteiger partial charge in [-0.05, 0) is 143 Å². The summed E-state index contributed by atoms with van der Waals surface area (Å²) in [5.41, 5.74) is 19.9. The van der Waals surface area contributed by atoms with Crippen molar-refractivity contribution in [1.82, 2.24) is 9.13 Å². The molecule has 0 fully saturated rings. The Kier molecular flexibility index (Phi) is 12.0. The van der Waals surface area contributed by atoms with Crippen LogP contribution in [0.5, 0.6) is 0 Å². The van der Waals surface area contributed by atoms with Gasteiger partial charge in [0.2, 0.25) is 0 Å². The number of fused-ring (bicyclic) bond motifs is 4. The monoisotopic (exact) mass is 756 g/mol. The fourth-order valence-electron chi connectivity index (χ4n) is 8.68. The summed E-state index contributed by atoms with van der Waals surface area (Å²) in [4.78, 5) is 0. The first-order valence-electron chi connectivity index (χ1n) is 21.1. The Morgan fingerprint density at radius 3 is 2.05 bits per heavy atom. The topological polar surface area (TPSA) is 9.86 Å². The van der Waals surface area contributed by atoms with Crippen LogP contribution in [0.4, 0.5) is 0 Å². The van der Waals surface area contributed by atoms with Gasteiger partial charge in [0.25, 0.3) is 0 Å². The summed E-state index contributed by atoms with van der Waals surface area (Å²) in [5.74, 6) is 0.386. The van der Waals surface area contributed by atoms with E-state index in [4.69, 9.17) is 0 Å². The smallest absolute Gasteiger partial charge is 0.0569 e. The Labute approximate surface area is 346 Å². The zero-order chi connectivity index (χ0) is 40.9. The molecule has 8 aromatic rings. The highest BCUT2D eigenvalue weighted by Gasteiger charge is 2.24. The standard InChI is InChI=1S/C52H44N2.2C2H6/c1-6-14-44-48-31-39(24-28-50(48)54(49(44)7-2)41-26-22-38(23-27-41)37-17-9-8-10-18-37)47-32-40-29-30-53(52(40)51-36(5)16-13-20-45(47)51)42-25-21-35(4)46(33-42)43-19-12-11-15-34(43)3;2*1-2/h6-15,17-33,36H,2,16H2,1,3-5H3;2*1-2H3/b14-6-;;. The van der Waals surface area contributed by atoms with Crippen molar-refractivity contribution in [3.63, 3.8) is 0 Å². The fraction of sp³-hybridized carbons (Fsp3) is 0.179. The van der Waals surface area contributed by atoms with Gasteiger partial charge in [0.05, 0.1) is 16.7 Å². The lowest BCUT2D eigenvalue weighted by atomic mass is 9.82. The third-order valence-electron chi connectivity index (χ3n) is 11.4. The molecule has 0 amide bonds. The van der Waals surface area contributed by atoms with Crippen molar-refractivity contribution in [2.24, 2.45) is 0 Å². The first kappa shape index (κ1) is 39.8. The van der Waals surface area contributed by atoms with E-state index in [1.165, 1.54) is 88.7 Å². The third-order valence-corrected chi connectivity index (χ3v) is 11.4. The van der Waals surface area contributed by atoms with Gasteiger partial charge in [0.15, 0.2) is 0 Å². The molecule has 2 heterocycles. The molecule has 58 heavy (non-hydrogen) atoms. The molecule has 6 aromatic carbocycles. The number of hydrogen-bond donors (Lipinski definition) is 0. The SMILES string of the molecule is C=Cc1c(/C=C\C)c2cc(-c3cc4ccn(-c5ccc(C)c(-c6ccccc6C)c5)c4c4c3C=CCC4C)ccc2n1-c1ccc(-c2ccccc2)cc1.CC.CC. The molecule has 2 heteroatoms. The number of aromatic nitrogens is 2. The Hall–Kier alpha value is -6.38. The molecule has 0 radical (unpaired) electrons. The van der Waals surface area contributed by atoms with Crippen LogP contribution in [0.2, 0.25) is 0 Å². The summed E-state index contributed by atoms with van der Waals surface area (Å²) >= 11 is 0. The summed E-state index contributed by atoms with van der Waals surface area (Å²) in [6.07, 6.45) is 14.4. The maximum absolute atomic E-state index is 4.29. The lowest BCUT2D eigenvalue weighted by Gasteiger charge is -2.24. The van der Waals surface area contributed by atoms with Crippen LogP contribution in [0.15, 0.2) is 152 Å².